The molecule has 12 rings (SSSR count). The van der Waals surface area contributed by atoms with Crippen molar-refractivity contribution >= 4 is 0 Å². The molecule has 1 aliphatic carbocycles. The molecule has 0 saturated carbocycles. The standard InChI is InChI=1S/C58H39N5O/c1-36-30-32-43-48(34-36)58(47-28-17-26-44(51(43)47)57-62-54(40-22-11-5-12-23-40)61-55(63-57)41-24-13-6-14-25-41)45-27-15-16-29-49(45)64-50-35-42(31-33-46(50)58)56-59-52(38-18-7-3-8-19-38)37(2)53(60-56)39-20-9-4-10-21-39/h3-35H,1-2H3. The van der Waals surface area contributed by atoms with Crippen LogP contribution in [0.15, 0.2) is 200 Å². The summed E-state index contributed by atoms with van der Waals surface area (Å²) in [7, 11) is 0. The Labute approximate surface area is 371 Å². The van der Waals surface area contributed by atoms with E-state index >= 15 is 0 Å². The van der Waals surface area contributed by atoms with Crippen molar-refractivity contribution in [3.05, 3.63) is 234 Å². The number of nitrogens with zero attached hydrogens (tertiary/aromatic N) is 5. The van der Waals surface area contributed by atoms with Crippen molar-refractivity contribution in [1.82, 2.24) is 24.9 Å². The second-order valence-corrected chi connectivity index (χ2v) is 16.5. The van der Waals surface area contributed by atoms with E-state index in [1.807, 2.05) is 78.9 Å². The number of ether oxygens (including phenoxy) is 1. The lowest BCUT2D eigenvalue weighted by Gasteiger charge is -2.39. The van der Waals surface area contributed by atoms with Crippen LogP contribution in [-0.4, -0.2) is 24.9 Å². The Morgan fingerprint density at radius 3 is 1.48 bits per heavy atom. The molecule has 10 aromatic rings. The molecule has 0 N–H and O–H groups in total. The van der Waals surface area contributed by atoms with Crippen molar-refractivity contribution in [2.45, 2.75) is 19.3 Å². The van der Waals surface area contributed by atoms with Crippen LogP contribution in [0.2, 0.25) is 0 Å². The molecule has 1 unspecified atom stereocenters. The third kappa shape index (κ3) is 5.91. The van der Waals surface area contributed by atoms with E-state index in [1.165, 1.54) is 11.1 Å². The Morgan fingerprint density at radius 1 is 0.344 bits per heavy atom. The fraction of sp³-hybridized carbons (Fsp3) is 0.0517. The molecule has 2 aliphatic rings. The first-order valence-electron chi connectivity index (χ1n) is 21.6. The number of hydrogen-bond acceptors (Lipinski definition) is 6. The van der Waals surface area contributed by atoms with Gasteiger partial charge in [-0.3, -0.25) is 0 Å². The Hall–Kier alpha value is -8.35. The number of hydrogen-bond donors (Lipinski definition) is 0. The normalized spacial score (nSPS) is 14.3. The van der Waals surface area contributed by atoms with E-state index in [0.29, 0.717) is 23.3 Å². The predicted octanol–water partition coefficient (Wildman–Crippen LogP) is 13.7. The van der Waals surface area contributed by atoms with Crippen LogP contribution in [0.1, 0.15) is 33.4 Å². The van der Waals surface area contributed by atoms with Crippen LogP contribution in [0.4, 0.5) is 0 Å². The summed E-state index contributed by atoms with van der Waals surface area (Å²) in [6, 6.07) is 69.4. The summed E-state index contributed by atoms with van der Waals surface area (Å²) in [5.41, 5.74) is 15.7. The second-order valence-electron chi connectivity index (χ2n) is 16.5. The molecule has 1 spiro atoms. The molecule has 0 fully saturated rings. The predicted molar refractivity (Wildman–Crippen MR) is 255 cm³/mol. The number of benzene rings is 8. The SMILES string of the molecule is Cc1ccc2c(c1)C1(c3ccccc3Oc3cc(-c4nc(-c5ccccc5)c(C)c(-c5ccccc5)n4)ccc31)c1cccc(-c3nc(-c4ccccc4)nc(-c4ccccc4)n3)c1-2. The zero-order chi connectivity index (χ0) is 42.8. The van der Waals surface area contributed by atoms with Gasteiger partial charge in [-0.2, -0.15) is 0 Å². The molecule has 0 radical (unpaired) electrons. The van der Waals surface area contributed by atoms with E-state index in [-0.39, 0.29) is 0 Å². The molecule has 0 saturated heterocycles. The van der Waals surface area contributed by atoms with Crippen LogP contribution >= 0.6 is 0 Å². The van der Waals surface area contributed by atoms with Gasteiger partial charge in [-0.05, 0) is 48.2 Å². The van der Waals surface area contributed by atoms with Gasteiger partial charge in [-0.1, -0.05) is 194 Å². The quantitative estimate of drug-likeness (QED) is 0.166. The molecule has 2 aromatic heterocycles. The van der Waals surface area contributed by atoms with Crippen LogP contribution in [0.3, 0.4) is 0 Å². The maximum atomic E-state index is 7.00. The Kier molecular flexibility index (Phi) is 8.73. The number of aryl methyl sites for hydroxylation is 1. The van der Waals surface area contributed by atoms with Crippen molar-refractivity contribution < 1.29 is 4.74 Å². The minimum Gasteiger partial charge on any atom is -0.457 e. The second kappa shape index (κ2) is 14.9. The Morgan fingerprint density at radius 2 is 0.859 bits per heavy atom. The molecule has 64 heavy (non-hydrogen) atoms. The van der Waals surface area contributed by atoms with Gasteiger partial charge < -0.3 is 4.74 Å². The summed E-state index contributed by atoms with van der Waals surface area (Å²) >= 11 is 0. The van der Waals surface area contributed by atoms with Gasteiger partial charge in [-0.25, -0.2) is 24.9 Å². The molecular formula is C58H39N5O. The average Bonchev–Trinajstić information content (AvgIpc) is 3.64. The Bertz CT molecular complexity index is 3310. The van der Waals surface area contributed by atoms with E-state index in [9.17, 15) is 0 Å². The topological polar surface area (TPSA) is 73.7 Å². The highest BCUT2D eigenvalue weighted by Crippen LogP contribution is 2.63. The molecule has 6 heteroatoms. The van der Waals surface area contributed by atoms with E-state index in [1.54, 1.807) is 0 Å². The lowest BCUT2D eigenvalue weighted by molar-refractivity contribution is 0.436. The minimum absolute atomic E-state index is 0.615. The third-order valence-electron chi connectivity index (χ3n) is 12.7. The summed E-state index contributed by atoms with van der Waals surface area (Å²) in [5.74, 6) is 4.05. The van der Waals surface area contributed by atoms with Crippen LogP contribution in [0, 0.1) is 13.8 Å². The first-order chi connectivity index (χ1) is 31.5. The molecule has 3 heterocycles. The smallest absolute Gasteiger partial charge is 0.164 e. The van der Waals surface area contributed by atoms with Crippen LogP contribution in [0.25, 0.3) is 79.2 Å². The highest BCUT2D eigenvalue weighted by molar-refractivity contribution is 5.96. The molecule has 8 aromatic carbocycles. The Balaban J connectivity index is 1.10. The summed E-state index contributed by atoms with van der Waals surface area (Å²) in [6.45, 7) is 4.28. The zero-order valence-electron chi connectivity index (χ0n) is 35.2. The maximum Gasteiger partial charge on any atom is 0.164 e. The molecule has 6 nitrogen and oxygen atoms in total. The fourth-order valence-electron chi connectivity index (χ4n) is 9.77. The largest absolute Gasteiger partial charge is 0.457 e. The van der Waals surface area contributed by atoms with Crippen LogP contribution in [-0.2, 0) is 5.41 Å². The van der Waals surface area contributed by atoms with E-state index < -0.39 is 5.41 Å². The molecule has 1 aliphatic heterocycles. The van der Waals surface area contributed by atoms with Crippen molar-refractivity contribution in [2.75, 3.05) is 0 Å². The molecule has 0 bridgehead atoms. The van der Waals surface area contributed by atoms with Crippen molar-refractivity contribution in [2.24, 2.45) is 0 Å². The van der Waals surface area contributed by atoms with Gasteiger partial charge in [0.25, 0.3) is 0 Å². The maximum absolute atomic E-state index is 7.00. The number of rotatable bonds is 6. The van der Waals surface area contributed by atoms with Gasteiger partial charge >= 0.3 is 0 Å². The van der Waals surface area contributed by atoms with E-state index in [2.05, 4.69) is 135 Å². The van der Waals surface area contributed by atoms with E-state index in [0.717, 1.165) is 89.6 Å². The van der Waals surface area contributed by atoms with Crippen LogP contribution in [0.5, 0.6) is 11.5 Å². The minimum atomic E-state index is -0.731. The summed E-state index contributed by atoms with van der Waals surface area (Å²) in [6.07, 6.45) is 0. The van der Waals surface area contributed by atoms with Crippen molar-refractivity contribution in [3.8, 4) is 90.7 Å². The van der Waals surface area contributed by atoms with Gasteiger partial charge in [0.2, 0.25) is 0 Å². The van der Waals surface area contributed by atoms with E-state index in [4.69, 9.17) is 29.7 Å². The van der Waals surface area contributed by atoms with Crippen molar-refractivity contribution in [3.63, 3.8) is 0 Å². The van der Waals surface area contributed by atoms with Gasteiger partial charge in [0, 0.05) is 50.1 Å². The van der Waals surface area contributed by atoms with Gasteiger partial charge in [0.05, 0.1) is 16.8 Å². The van der Waals surface area contributed by atoms with Crippen LogP contribution < -0.4 is 4.74 Å². The molecule has 0 amide bonds. The number of aromatic nitrogens is 5. The first kappa shape index (κ1) is 37.4. The summed E-state index contributed by atoms with van der Waals surface area (Å²) in [5, 5.41) is 0. The van der Waals surface area contributed by atoms with Gasteiger partial charge in [0.15, 0.2) is 23.3 Å². The molecular weight excluding hydrogens is 783 g/mol. The fourth-order valence-corrected chi connectivity index (χ4v) is 9.77. The molecule has 1 atom stereocenters. The average molecular weight is 822 g/mol. The number of fused-ring (bicyclic) bond motifs is 9. The lowest BCUT2D eigenvalue weighted by Crippen LogP contribution is -2.32. The number of para-hydroxylation sites is 1. The van der Waals surface area contributed by atoms with Gasteiger partial charge in [0.1, 0.15) is 11.5 Å². The highest BCUT2D eigenvalue weighted by atomic mass is 16.5. The summed E-state index contributed by atoms with van der Waals surface area (Å²) in [4.78, 5) is 26.1. The lowest BCUT2D eigenvalue weighted by atomic mass is 9.65. The van der Waals surface area contributed by atoms with Crippen molar-refractivity contribution in [1.29, 1.82) is 0 Å². The molecule has 302 valence electrons. The first-order valence-corrected chi connectivity index (χ1v) is 21.6. The summed E-state index contributed by atoms with van der Waals surface area (Å²) < 4.78 is 7.00. The third-order valence-corrected chi connectivity index (χ3v) is 12.7. The highest BCUT2D eigenvalue weighted by Gasteiger charge is 2.52. The zero-order valence-corrected chi connectivity index (χ0v) is 35.2. The monoisotopic (exact) mass is 821 g/mol. The van der Waals surface area contributed by atoms with Gasteiger partial charge in [-0.15, -0.1) is 0 Å².